The SMILES string of the molecule is CN(C1CCCC1)S(=O)(=O)c1ccc(CNC(C)(C)C)o1. The van der Waals surface area contributed by atoms with Crippen molar-refractivity contribution in [2.24, 2.45) is 0 Å². The Labute approximate surface area is 127 Å². The van der Waals surface area contributed by atoms with Crippen molar-refractivity contribution in [2.45, 2.75) is 69.7 Å². The fourth-order valence-corrected chi connectivity index (χ4v) is 3.89. The second kappa shape index (κ2) is 6.10. The maximum atomic E-state index is 12.5. The Morgan fingerprint density at radius 3 is 2.48 bits per heavy atom. The van der Waals surface area contributed by atoms with Gasteiger partial charge in [0.15, 0.2) is 0 Å². The summed E-state index contributed by atoms with van der Waals surface area (Å²) in [6.07, 6.45) is 4.08. The molecule has 0 atom stereocenters. The van der Waals surface area contributed by atoms with E-state index in [-0.39, 0.29) is 16.7 Å². The highest BCUT2D eigenvalue weighted by Crippen LogP contribution is 2.28. The summed E-state index contributed by atoms with van der Waals surface area (Å²) in [5.74, 6) is 0.642. The first-order chi connectivity index (χ1) is 9.70. The van der Waals surface area contributed by atoms with E-state index in [1.54, 1.807) is 19.2 Å². The van der Waals surface area contributed by atoms with Crippen LogP contribution in [0.15, 0.2) is 21.6 Å². The molecule has 0 bridgehead atoms. The first kappa shape index (κ1) is 16.5. The van der Waals surface area contributed by atoms with Gasteiger partial charge in [-0.3, -0.25) is 0 Å². The molecule has 0 unspecified atom stereocenters. The third kappa shape index (κ3) is 4.08. The molecular formula is C15H26N2O3S. The smallest absolute Gasteiger partial charge is 0.276 e. The molecule has 0 aromatic carbocycles. The molecule has 0 amide bonds. The van der Waals surface area contributed by atoms with Gasteiger partial charge in [0, 0.05) is 18.6 Å². The van der Waals surface area contributed by atoms with Crippen molar-refractivity contribution >= 4 is 10.0 Å². The van der Waals surface area contributed by atoms with Gasteiger partial charge in [-0.2, -0.15) is 4.31 Å². The van der Waals surface area contributed by atoms with Gasteiger partial charge in [-0.1, -0.05) is 12.8 Å². The summed E-state index contributed by atoms with van der Waals surface area (Å²) < 4.78 is 32.1. The Balaban J connectivity index is 2.08. The van der Waals surface area contributed by atoms with Gasteiger partial charge in [-0.15, -0.1) is 0 Å². The molecule has 120 valence electrons. The molecule has 1 aromatic rings. The summed E-state index contributed by atoms with van der Waals surface area (Å²) in [5.41, 5.74) is -0.0353. The lowest BCUT2D eigenvalue weighted by Crippen LogP contribution is -2.35. The predicted molar refractivity (Wildman–Crippen MR) is 82.5 cm³/mol. The van der Waals surface area contributed by atoms with Crippen molar-refractivity contribution in [3.63, 3.8) is 0 Å². The highest BCUT2D eigenvalue weighted by atomic mass is 32.2. The zero-order chi connectivity index (χ0) is 15.7. The molecule has 1 aromatic heterocycles. The largest absolute Gasteiger partial charge is 0.447 e. The molecule has 2 rings (SSSR count). The Morgan fingerprint density at radius 1 is 1.29 bits per heavy atom. The molecule has 0 saturated heterocycles. The standard InChI is InChI=1S/C15H26N2O3S/c1-15(2,3)16-11-13-9-10-14(20-13)21(18,19)17(4)12-7-5-6-8-12/h9-10,12,16H,5-8,11H2,1-4H3. The second-order valence-electron chi connectivity index (χ2n) is 6.78. The van der Waals surface area contributed by atoms with Crippen LogP contribution in [0.3, 0.4) is 0 Å². The van der Waals surface area contributed by atoms with E-state index in [4.69, 9.17) is 4.42 Å². The average molecular weight is 314 g/mol. The van der Waals surface area contributed by atoms with Crippen molar-refractivity contribution in [3.05, 3.63) is 17.9 Å². The van der Waals surface area contributed by atoms with E-state index in [0.29, 0.717) is 12.3 Å². The van der Waals surface area contributed by atoms with Crippen LogP contribution in [0.2, 0.25) is 0 Å². The summed E-state index contributed by atoms with van der Waals surface area (Å²) in [4.78, 5) is 0. The van der Waals surface area contributed by atoms with E-state index in [1.165, 1.54) is 4.31 Å². The van der Waals surface area contributed by atoms with E-state index in [2.05, 4.69) is 26.1 Å². The van der Waals surface area contributed by atoms with Crippen LogP contribution in [0.5, 0.6) is 0 Å². The number of rotatable bonds is 5. The number of nitrogens with one attached hydrogen (secondary N) is 1. The van der Waals surface area contributed by atoms with Gasteiger partial charge < -0.3 is 9.73 Å². The molecule has 1 heterocycles. The quantitative estimate of drug-likeness (QED) is 0.907. The highest BCUT2D eigenvalue weighted by molar-refractivity contribution is 7.89. The zero-order valence-electron chi connectivity index (χ0n) is 13.3. The number of hydrogen-bond donors (Lipinski definition) is 1. The Bertz CT molecular complexity index is 566. The maximum Gasteiger partial charge on any atom is 0.276 e. The molecule has 1 N–H and O–H groups in total. The lowest BCUT2D eigenvalue weighted by molar-refractivity contribution is 0.333. The van der Waals surface area contributed by atoms with Crippen LogP contribution < -0.4 is 5.32 Å². The minimum absolute atomic E-state index is 0.0353. The summed E-state index contributed by atoms with van der Waals surface area (Å²) in [6.45, 7) is 6.69. The van der Waals surface area contributed by atoms with Gasteiger partial charge in [0.05, 0.1) is 6.54 Å². The summed E-state index contributed by atoms with van der Waals surface area (Å²) >= 11 is 0. The zero-order valence-corrected chi connectivity index (χ0v) is 14.2. The fourth-order valence-electron chi connectivity index (χ4n) is 2.55. The van der Waals surface area contributed by atoms with Crippen molar-refractivity contribution in [1.82, 2.24) is 9.62 Å². The van der Waals surface area contributed by atoms with Gasteiger partial charge in [-0.05, 0) is 45.7 Å². The number of hydrogen-bond acceptors (Lipinski definition) is 4. The molecular weight excluding hydrogens is 288 g/mol. The summed E-state index contributed by atoms with van der Waals surface area (Å²) in [5, 5.41) is 3.33. The normalized spacial score (nSPS) is 17.8. The summed E-state index contributed by atoms with van der Waals surface area (Å²) in [6, 6.07) is 3.39. The van der Waals surface area contributed by atoms with E-state index in [9.17, 15) is 8.42 Å². The molecule has 1 fully saturated rings. The van der Waals surface area contributed by atoms with Crippen LogP contribution in [-0.4, -0.2) is 31.4 Å². The van der Waals surface area contributed by atoms with E-state index in [1.807, 2.05) is 0 Å². The van der Waals surface area contributed by atoms with Crippen LogP contribution in [0.1, 0.15) is 52.2 Å². The van der Waals surface area contributed by atoms with Crippen molar-refractivity contribution < 1.29 is 12.8 Å². The van der Waals surface area contributed by atoms with Crippen LogP contribution in [0.4, 0.5) is 0 Å². The Kier molecular flexibility index (Phi) is 4.80. The van der Waals surface area contributed by atoms with Crippen molar-refractivity contribution in [3.8, 4) is 0 Å². The van der Waals surface area contributed by atoms with Gasteiger partial charge in [-0.25, -0.2) is 8.42 Å². The monoisotopic (exact) mass is 314 g/mol. The number of sulfonamides is 1. The highest BCUT2D eigenvalue weighted by Gasteiger charge is 2.32. The average Bonchev–Trinajstić information content (AvgIpc) is 3.06. The van der Waals surface area contributed by atoms with Crippen molar-refractivity contribution in [1.29, 1.82) is 0 Å². The molecule has 21 heavy (non-hydrogen) atoms. The van der Waals surface area contributed by atoms with Crippen molar-refractivity contribution in [2.75, 3.05) is 7.05 Å². The molecule has 1 saturated carbocycles. The summed E-state index contributed by atoms with van der Waals surface area (Å²) in [7, 11) is -1.86. The van der Waals surface area contributed by atoms with Gasteiger partial charge in [0.25, 0.3) is 10.0 Å². The molecule has 0 spiro atoms. The second-order valence-corrected chi connectivity index (χ2v) is 8.71. The number of nitrogens with zero attached hydrogens (tertiary/aromatic N) is 1. The molecule has 1 aliphatic rings. The fraction of sp³-hybridized carbons (Fsp3) is 0.733. The van der Waals surface area contributed by atoms with E-state index in [0.717, 1.165) is 25.7 Å². The molecule has 1 aliphatic carbocycles. The third-order valence-corrected chi connectivity index (χ3v) is 5.69. The van der Waals surface area contributed by atoms with Gasteiger partial charge in [0.2, 0.25) is 5.09 Å². The molecule has 6 heteroatoms. The predicted octanol–water partition coefficient (Wildman–Crippen LogP) is 2.73. The minimum atomic E-state index is -3.52. The first-order valence-electron chi connectivity index (χ1n) is 7.52. The molecule has 0 radical (unpaired) electrons. The lowest BCUT2D eigenvalue weighted by atomic mass is 10.1. The number of furan rings is 1. The third-order valence-electron chi connectivity index (χ3n) is 3.90. The van der Waals surface area contributed by atoms with Crippen LogP contribution >= 0.6 is 0 Å². The first-order valence-corrected chi connectivity index (χ1v) is 8.96. The van der Waals surface area contributed by atoms with Crippen LogP contribution in [-0.2, 0) is 16.6 Å². The molecule has 0 aliphatic heterocycles. The Morgan fingerprint density at radius 2 is 1.90 bits per heavy atom. The minimum Gasteiger partial charge on any atom is -0.447 e. The topological polar surface area (TPSA) is 62.6 Å². The Hall–Kier alpha value is -0.850. The van der Waals surface area contributed by atoms with E-state index < -0.39 is 10.0 Å². The maximum absolute atomic E-state index is 12.5. The van der Waals surface area contributed by atoms with Crippen LogP contribution in [0.25, 0.3) is 0 Å². The molecule has 5 nitrogen and oxygen atoms in total. The van der Waals surface area contributed by atoms with Gasteiger partial charge >= 0.3 is 0 Å². The van der Waals surface area contributed by atoms with Gasteiger partial charge in [0.1, 0.15) is 5.76 Å². The lowest BCUT2D eigenvalue weighted by Gasteiger charge is -2.22. The van der Waals surface area contributed by atoms with Crippen LogP contribution in [0, 0.1) is 0 Å². The van der Waals surface area contributed by atoms with E-state index >= 15 is 0 Å².